The number of fused-ring (bicyclic) bond motifs is 1. The molecule has 0 fully saturated rings. The SMILES string of the molecule is CCOC(=O)c1sc2c(ccc(=O)n2-c2ccc([S+](C)[O-])cc2)c1Nc1ccccc1. The van der Waals surface area contributed by atoms with Crippen molar-refractivity contribution < 1.29 is 14.1 Å². The molecule has 0 spiro atoms. The smallest absolute Gasteiger partial charge is 0.350 e. The third kappa shape index (κ3) is 4.23. The summed E-state index contributed by atoms with van der Waals surface area (Å²) in [4.78, 5) is 27.2. The maximum Gasteiger partial charge on any atom is 0.350 e. The number of rotatable bonds is 6. The van der Waals surface area contributed by atoms with Crippen molar-refractivity contribution in [1.29, 1.82) is 0 Å². The van der Waals surface area contributed by atoms with Crippen molar-refractivity contribution in [2.75, 3.05) is 18.2 Å². The molecule has 0 aliphatic heterocycles. The number of thiophene rings is 1. The zero-order chi connectivity index (χ0) is 22.0. The first kappa shape index (κ1) is 21.2. The maximum atomic E-state index is 12.8. The average molecular weight is 453 g/mol. The number of carbonyl (C=O) groups is 1. The first-order valence-electron chi connectivity index (χ1n) is 9.61. The highest BCUT2D eigenvalue weighted by Crippen LogP contribution is 2.38. The van der Waals surface area contributed by atoms with Gasteiger partial charge in [0.2, 0.25) is 0 Å². The zero-order valence-electron chi connectivity index (χ0n) is 17.0. The molecule has 1 N–H and O–H groups in total. The van der Waals surface area contributed by atoms with E-state index in [1.807, 2.05) is 30.3 Å². The summed E-state index contributed by atoms with van der Waals surface area (Å²) in [5.41, 5.74) is 1.83. The minimum atomic E-state index is -1.11. The van der Waals surface area contributed by atoms with Crippen molar-refractivity contribution >= 4 is 50.1 Å². The van der Waals surface area contributed by atoms with Gasteiger partial charge in [-0.2, -0.15) is 0 Å². The number of anilines is 2. The predicted octanol–water partition coefficient (Wildman–Crippen LogP) is 4.71. The van der Waals surface area contributed by atoms with Crippen LogP contribution >= 0.6 is 11.3 Å². The normalized spacial score (nSPS) is 12.0. The van der Waals surface area contributed by atoms with Crippen molar-refractivity contribution in [3.05, 3.63) is 82.0 Å². The lowest BCUT2D eigenvalue weighted by atomic mass is 10.2. The summed E-state index contributed by atoms with van der Waals surface area (Å²) in [6.07, 6.45) is 1.61. The van der Waals surface area contributed by atoms with Crippen molar-refractivity contribution in [2.45, 2.75) is 11.8 Å². The molecule has 0 saturated carbocycles. The maximum absolute atomic E-state index is 12.8. The van der Waals surface area contributed by atoms with Crippen LogP contribution in [0.25, 0.3) is 15.9 Å². The highest BCUT2D eigenvalue weighted by molar-refractivity contribution is 7.90. The van der Waals surface area contributed by atoms with E-state index in [1.54, 1.807) is 48.1 Å². The minimum absolute atomic E-state index is 0.221. The van der Waals surface area contributed by atoms with Crippen molar-refractivity contribution in [2.24, 2.45) is 0 Å². The molecule has 0 saturated heterocycles. The van der Waals surface area contributed by atoms with E-state index in [0.29, 0.717) is 26.0 Å². The summed E-state index contributed by atoms with van der Waals surface area (Å²) >= 11 is 0.0904. The van der Waals surface area contributed by atoms with Gasteiger partial charge in [0.25, 0.3) is 5.56 Å². The van der Waals surface area contributed by atoms with Crippen LogP contribution in [0.2, 0.25) is 0 Å². The molecule has 2 heterocycles. The minimum Gasteiger partial charge on any atom is -0.612 e. The molecule has 0 aliphatic rings. The third-order valence-electron chi connectivity index (χ3n) is 4.67. The molecular formula is C23H20N2O4S2. The average Bonchev–Trinajstić information content (AvgIpc) is 3.13. The van der Waals surface area contributed by atoms with E-state index in [-0.39, 0.29) is 12.2 Å². The molecule has 4 aromatic rings. The number of nitrogens with zero attached hydrogens (tertiary/aromatic N) is 1. The largest absolute Gasteiger partial charge is 0.612 e. The van der Waals surface area contributed by atoms with Gasteiger partial charge >= 0.3 is 5.97 Å². The van der Waals surface area contributed by atoms with E-state index in [0.717, 1.165) is 11.1 Å². The standard InChI is InChI=1S/C23H20N2O4S2/c1-3-29-23(27)21-20(24-15-7-5-4-6-8-15)18-13-14-19(26)25(22(18)30-21)16-9-11-17(12-10-16)31(2)28/h4-14,24H,3H2,1-2H3. The molecule has 8 heteroatoms. The molecule has 1 atom stereocenters. The summed E-state index contributed by atoms with van der Waals surface area (Å²) in [6, 6.07) is 19.7. The zero-order valence-corrected chi connectivity index (χ0v) is 18.6. The van der Waals surface area contributed by atoms with Gasteiger partial charge in [-0.05, 0) is 60.6 Å². The Hall–Kier alpha value is -3.07. The molecule has 0 aliphatic carbocycles. The van der Waals surface area contributed by atoms with E-state index in [9.17, 15) is 14.1 Å². The second-order valence-corrected chi connectivity index (χ2v) is 9.07. The Balaban J connectivity index is 1.92. The van der Waals surface area contributed by atoms with E-state index < -0.39 is 17.1 Å². The van der Waals surface area contributed by atoms with Gasteiger partial charge in [-0.3, -0.25) is 9.36 Å². The van der Waals surface area contributed by atoms with Crippen LogP contribution in [0, 0.1) is 0 Å². The highest BCUT2D eigenvalue weighted by Gasteiger charge is 2.23. The van der Waals surface area contributed by atoms with E-state index >= 15 is 0 Å². The van der Waals surface area contributed by atoms with Crippen LogP contribution in [0.3, 0.4) is 0 Å². The highest BCUT2D eigenvalue weighted by atomic mass is 32.2. The van der Waals surface area contributed by atoms with Gasteiger partial charge in [0, 0.05) is 17.1 Å². The number of hydrogen-bond donors (Lipinski definition) is 1. The molecule has 2 aromatic carbocycles. The number of ether oxygens (including phenoxy) is 1. The molecule has 2 aromatic heterocycles. The van der Waals surface area contributed by atoms with Crippen molar-refractivity contribution in [3.63, 3.8) is 0 Å². The van der Waals surface area contributed by atoms with Crippen LogP contribution in [0.1, 0.15) is 16.6 Å². The van der Waals surface area contributed by atoms with Crippen LogP contribution in [-0.2, 0) is 15.9 Å². The monoisotopic (exact) mass is 452 g/mol. The lowest BCUT2D eigenvalue weighted by Crippen LogP contribution is -2.16. The van der Waals surface area contributed by atoms with Gasteiger partial charge in [-0.15, -0.1) is 11.3 Å². The fourth-order valence-electron chi connectivity index (χ4n) is 3.24. The lowest BCUT2D eigenvalue weighted by Gasteiger charge is -2.10. The second kappa shape index (κ2) is 8.97. The van der Waals surface area contributed by atoms with Gasteiger partial charge in [0.15, 0.2) is 4.90 Å². The van der Waals surface area contributed by atoms with Gasteiger partial charge < -0.3 is 14.6 Å². The number of carbonyl (C=O) groups excluding carboxylic acids is 1. The topological polar surface area (TPSA) is 83.4 Å². The van der Waals surface area contributed by atoms with E-state index in [1.165, 1.54) is 17.4 Å². The summed E-state index contributed by atoms with van der Waals surface area (Å²) in [5, 5.41) is 4.05. The van der Waals surface area contributed by atoms with Crippen LogP contribution in [0.15, 0.2) is 76.4 Å². The van der Waals surface area contributed by atoms with E-state index in [4.69, 9.17) is 4.74 Å². The number of nitrogens with one attached hydrogen (secondary N) is 1. The number of hydrogen-bond acceptors (Lipinski definition) is 6. The predicted molar refractivity (Wildman–Crippen MR) is 125 cm³/mol. The summed E-state index contributed by atoms with van der Waals surface area (Å²) in [6.45, 7) is 2.00. The first-order valence-corrected chi connectivity index (χ1v) is 12.0. The van der Waals surface area contributed by atoms with Gasteiger partial charge in [0.05, 0.1) is 18.0 Å². The number of aromatic nitrogens is 1. The van der Waals surface area contributed by atoms with Crippen LogP contribution in [0.5, 0.6) is 0 Å². The molecule has 0 bridgehead atoms. The molecule has 31 heavy (non-hydrogen) atoms. The Morgan fingerprint density at radius 3 is 2.45 bits per heavy atom. The molecular weight excluding hydrogens is 432 g/mol. The molecule has 158 valence electrons. The summed E-state index contributed by atoms with van der Waals surface area (Å²) < 4.78 is 18.5. The summed E-state index contributed by atoms with van der Waals surface area (Å²) in [5.74, 6) is -0.446. The Kier molecular flexibility index (Phi) is 6.13. The number of para-hydroxylation sites is 1. The number of benzene rings is 2. The van der Waals surface area contributed by atoms with Gasteiger partial charge in [-0.25, -0.2) is 4.79 Å². The second-order valence-electron chi connectivity index (χ2n) is 6.69. The molecule has 0 radical (unpaired) electrons. The third-order valence-corrected chi connectivity index (χ3v) is 6.78. The molecule has 0 amide bonds. The first-order chi connectivity index (χ1) is 15.0. The Morgan fingerprint density at radius 2 is 1.81 bits per heavy atom. The van der Waals surface area contributed by atoms with Crippen LogP contribution in [0.4, 0.5) is 11.4 Å². The molecule has 6 nitrogen and oxygen atoms in total. The fraction of sp³-hybridized carbons (Fsp3) is 0.130. The van der Waals surface area contributed by atoms with E-state index in [2.05, 4.69) is 5.32 Å². The fourth-order valence-corrected chi connectivity index (χ4v) is 4.93. The van der Waals surface area contributed by atoms with Gasteiger partial charge in [0.1, 0.15) is 16.0 Å². The number of pyridine rings is 1. The number of esters is 1. The van der Waals surface area contributed by atoms with Crippen molar-refractivity contribution in [1.82, 2.24) is 4.57 Å². The Labute approximate surface area is 186 Å². The van der Waals surface area contributed by atoms with Crippen molar-refractivity contribution in [3.8, 4) is 5.69 Å². The van der Waals surface area contributed by atoms with Gasteiger partial charge in [-0.1, -0.05) is 18.2 Å². The molecule has 1 unspecified atom stereocenters. The molecule has 4 rings (SSSR count). The quantitative estimate of drug-likeness (QED) is 0.338. The van der Waals surface area contributed by atoms with Crippen LogP contribution in [-0.4, -0.2) is 28.0 Å². The lowest BCUT2D eigenvalue weighted by molar-refractivity contribution is 0.0533. The summed E-state index contributed by atoms with van der Waals surface area (Å²) in [7, 11) is 0. The Morgan fingerprint density at radius 1 is 1.10 bits per heavy atom. The van der Waals surface area contributed by atoms with Crippen LogP contribution < -0.4 is 10.9 Å². The Bertz CT molecular complexity index is 1280.